The minimum atomic E-state index is -0.0409. The van der Waals surface area contributed by atoms with Gasteiger partial charge in [-0.25, -0.2) is 0 Å². The predicted octanol–water partition coefficient (Wildman–Crippen LogP) is 1.96. The number of nitrogens with one attached hydrogen (secondary N) is 1. The summed E-state index contributed by atoms with van der Waals surface area (Å²) >= 11 is 5.85. The standard InChI is InChI=1S/C12H16ClN3O/c13-9-3-4-10(14)11(7-9)15-12(17)8-16-5-1-2-6-16/h3-4,7H,1-2,5-6,8,14H2,(H,15,17). The monoisotopic (exact) mass is 253 g/mol. The third-order valence-electron chi connectivity index (χ3n) is 2.86. The van der Waals surface area contributed by atoms with E-state index in [1.54, 1.807) is 18.2 Å². The van der Waals surface area contributed by atoms with Crippen LogP contribution in [0.25, 0.3) is 0 Å². The Bertz CT molecular complexity index is 416. The number of nitrogens with two attached hydrogens (primary N) is 1. The molecule has 1 aliphatic rings. The van der Waals surface area contributed by atoms with E-state index in [4.69, 9.17) is 17.3 Å². The number of rotatable bonds is 3. The highest BCUT2D eigenvalue weighted by atomic mass is 35.5. The molecule has 92 valence electrons. The zero-order valence-electron chi connectivity index (χ0n) is 9.58. The summed E-state index contributed by atoms with van der Waals surface area (Å²) in [7, 11) is 0. The van der Waals surface area contributed by atoms with Crippen LogP contribution in [0.1, 0.15) is 12.8 Å². The molecule has 0 atom stereocenters. The lowest BCUT2D eigenvalue weighted by Gasteiger charge is -2.15. The van der Waals surface area contributed by atoms with Crippen LogP contribution in [-0.4, -0.2) is 30.4 Å². The fraction of sp³-hybridized carbons (Fsp3) is 0.417. The van der Waals surface area contributed by atoms with E-state index in [2.05, 4.69) is 10.2 Å². The molecular weight excluding hydrogens is 238 g/mol. The molecular formula is C12H16ClN3O. The molecule has 0 unspecified atom stereocenters. The Kier molecular flexibility index (Phi) is 3.86. The van der Waals surface area contributed by atoms with Crippen molar-refractivity contribution in [1.29, 1.82) is 0 Å². The molecule has 5 heteroatoms. The summed E-state index contributed by atoms with van der Waals surface area (Å²) in [5.74, 6) is -0.0409. The number of carbonyl (C=O) groups is 1. The first-order chi connectivity index (χ1) is 8.15. The van der Waals surface area contributed by atoms with Crippen LogP contribution in [-0.2, 0) is 4.79 Å². The van der Waals surface area contributed by atoms with Crippen LogP contribution in [0.3, 0.4) is 0 Å². The SMILES string of the molecule is Nc1ccc(Cl)cc1NC(=O)CN1CCCC1. The molecule has 0 bridgehead atoms. The minimum Gasteiger partial charge on any atom is -0.397 e. The van der Waals surface area contributed by atoms with E-state index >= 15 is 0 Å². The first-order valence-electron chi connectivity index (χ1n) is 5.72. The molecule has 0 aliphatic carbocycles. The zero-order chi connectivity index (χ0) is 12.3. The molecule has 1 heterocycles. The number of hydrogen-bond donors (Lipinski definition) is 2. The number of amides is 1. The fourth-order valence-electron chi connectivity index (χ4n) is 1.97. The largest absolute Gasteiger partial charge is 0.397 e. The second-order valence-electron chi connectivity index (χ2n) is 4.26. The zero-order valence-corrected chi connectivity index (χ0v) is 10.3. The second kappa shape index (κ2) is 5.38. The van der Waals surface area contributed by atoms with Crippen molar-refractivity contribution in [3.05, 3.63) is 23.2 Å². The number of anilines is 2. The van der Waals surface area contributed by atoms with Gasteiger partial charge in [0.15, 0.2) is 0 Å². The lowest BCUT2D eigenvalue weighted by atomic mass is 10.2. The van der Waals surface area contributed by atoms with Crippen molar-refractivity contribution in [3.8, 4) is 0 Å². The number of likely N-dealkylation sites (tertiary alicyclic amines) is 1. The normalized spacial score (nSPS) is 16.1. The molecule has 0 spiro atoms. The molecule has 0 radical (unpaired) electrons. The summed E-state index contributed by atoms with van der Waals surface area (Å²) in [6.07, 6.45) is 2.35. The van der Waals surface area contributed by atoms with Crippen molar-refractivity contribution in [2.75, 3.05) is 30.7 Å². The van der Waals surface area contributed by atoms with E-state index in [-0.39, 0.29) is 5.91 Å². The molecule has 17 heavy (non-hydrogen) atoms. The van der Waals surface area contributed by atoms with E-state index in [9.17, 15) is 4.79 Å². The summed E-state index contributed by atoms with van der Waals surface area (Å²) in [6, 6.07) is 5.06. The predicted molar refractivity (Wildman–Crippen MR) is 70.2 cm³/mol. The highest BCUT2D eigenvalue weighted by Gasteiger charge is 2.15. The van der Waals surface area contributed by atoms with Gasteiger partial charge in [0.25, 0.3) is 0 Å². The van der Waals surface area contributed by atoms with Gasteiger partial charge in [0.05, 0.1) is 17.9 Å². The number of nitrogen functional groups attached to an aromatic ring is 1. The van der Waals surface area contributed by atoms with Gasteiger partial charge in [-0.2, -0.15) is 0 Å². The maximum absolute atomic E-state index is 11.8. The van der Waals surface area contributed by atoms with Crippen LogP contribution < -0.4 is 11.1 Å². The van der Waals surface area contributed by atoms with Crippen molar-refractivity contribution in [1.82, 2.24) is 4.90 Å². The van der Waals surface area contributed by atoms with E-state index < -0.39 is 0 Å². The van der Waals surface area contributed by atoms with Gasteiger partial charge < -0.3 is 11.1 Å². The lowest BCUT2D eigenvalue weighted by Crippen LogP contribution is -2.31. The summed E-state index contributed by atoms with van der Waals surface area (Å²) in [5.41, 5.74) is 6.88. The molecule has 1 saturated heterocycles. The highest BCUT2D eigenvalue weighted by Crippen LogP contribution is 2.22. The quantitative estimate of drug-likeness (QED) is 0.810. The molecule has 0 saturated carbocycles. The van der Waals surface area contributed by atoms with Crippen molar-refractivity contribution in [2.24, 2.45) is 0 Å². The van der Waals surface area contributed by atoms with Crippen LogP contribution in [0, 0.1) is 0 Å². The summed E-state index contributed by atoms with van der Waals surface area (Å²) in [4.78, 5) is 13.9. The van der Waals surface area contributed by atoms with Gasteiger partial charge in [-0.3, -0.25) is 9.69 Å². The average molecular weight is 254 g/mol. The number of benzene rings is 1. The van der Waals surface area contributed by atoms with Gasteiger partial charge in [0.1, 0.15) is 0 Å². The lowest BCUT2D eigenvalue weighted by molar-refractivity contribution is -0.117. The fourth-order valence-corrected chi connectivity index (χ4v) is 2.14. The first kappa shape index (κ1) is 12.2. The van der Waals surface area contributed by atoms with E-state index in [0.717, 1.165) is 13.1 Å². The Morgan fingerprint density at radius 2 is 2.12 bits per heavy atom. The van der Waals surface area contributed by atoms with Crippen molar-refractivity contribution >= 4 is 28.9 Å². The maximum atomic E-state index is 11.8. The van der Waals surface area contributed by atoms with E-state index in [1.165, 1.54) is 12.8 Å². The van der Waals surface area contributed by atoms with Crippen LogP contribution in [0.2, 0.25) is 5.02 Å². The molecule has 1 amide bonds. The molecule has 1 aromatic rings. The molecule has 1 fully saturated rings. The summed E-state index contributed by atoms with van der Waals surface area (Å²) < 4.78 is 0. The van der Waals surface area contributed by atoms with Crippen LogP contribution in [0.4, 0.5) is 11.4 Å². The van der Waals surface area contributed by atoms with Gasteiger partial charge in [0, 0.05) is 5.02 Å². The Labute approximate surface area is 106 Å². The Balaban J connectivity index is 1.95. The smallest absolute Gasteiger partial charge is 0.238 e. The molecule has 1 aliphatic heterocycles. The van der Waals surface area contributed by atoms with Gasteiger partial charge in [-0.1, -0.05) is 11.6 Å². The van der Waals surface area contributed by atoms with Gasteiger partial charge >= 0.3 is 0 Å². The highest BCUT2D eigenvalue weighted by molar-refractivity contribution is 6.31. The third kappa shape index (κ3) is 3.35. The van der Waals surface area contributed by atoms with Gasteiger partial charge in [-0.15, -0.1) is 0 Å². The minimum absolute atomic E-state index is 0.0409. The van der Waals surface area contributed by atoms with Gasteiger partial charge in [-0.05, 0) is 44.1 Å². The molecule has 2 rings (SSSR count). The number of nitrogens with zero attached hydrogens (tertiary/aromatic N) is 1. The summed E-state index contributed by atoms with van der Waals surface area (Å²) in [5, 5.41) is 3.35. The number of carbonyl (C=O) groups excluding carboxylic acids is 1. The first-order valence-corrected chi connectivity index (χ1v) is 6.10. The molecule has 0 aromatic heterocycles. The van der Waals surface area contributed by atoms with E-state index in [1.807, 2.05) is 0 Å². The molecule has 3 N–H and O–H groups in total. The number of hydrogen-bond acceptors (Lipinski definition) is 3. The maximum Gasteiger partial charge on any atom is 0.238 e. The Hall–Kier alpha value is -1.26. The molecule has 1 aromatic carbocycles. The Morgan fingerprint density at radius 1 is 1.41 bits per heavy atom. The van der Waals surface area contributed by atoms with Crippen LogP contribution >= 0.6 is 11.6 Å². The Morgan fingerprint density at radius 3 is 2.82 bits per heavy atom. The van der Waals surface area contributed by atoms with Crippen LogP contribution in [0.15, 0.2) is 18.2 Å². The number of halogens is 1. The van der Waals surface area contributed by atoms with Crippen molar-refractivity contribution < 1.29 is 4.79 Å². The second-order valence-corrected chi connectivity index (χ2v) is 4.70. The summed E-state index contributed by atoms with van der Waals surface area (Å²) in [6.45, 7) is 2.42. The van der Waals surface area contributed by atoms with Crippen molar-refractivity contribution in [3.63, 3.8) is 0 Å². The average Bonchev–Trinajstić information content (AvgIpc) is 2.76. The molecule has 4 nitrogen and oxygen atoms in total. The van der Waals surface area contributed by atoms with Crippen LogP contribution in [0.5, 0.6) is 0 Å². The topological polar surface area (TPSA) is 58.4 Å². The van der Waals surface area contributed by atoms with E-state index in [0.29, 0.717) is 22.9 Å². The van der Waals surface area contributed by atoms with Gasteiger partial charge in [0.2, 0.25) is 5.91 Å². The third-order valence-corrected chi connectivity index (χ3v) is 3.09. The van der Waals surface area contributed by atoms with Crippen molar-refractivity contribution in [2.45, 2.75) is 12.8 Å².